The summed E-state index contributed by atoms with van der Waals surface area (Å²) in [5.41, 5.74) is 0.643. The van der Waals surface area contributed by atoms with Crippen molar-refractivity contribution in [2.75, 3.05) is 18.6 Å². The molecule has 0 aliphatic rings. The van der Waals surface area contributed by atoms with Gasteiger partial charge in [0.2, 0.25) is 0 Å². The zero-order valence-electron chi connectivity index (χ0n) is 10.8. The summed E-state index contributed by atoms with van der Waals surface area (Å²) < 4.78 is 13.5. The smallest absolute Gasteiger partial charge is 0.146 e. The number of halogens is 2. The van der Waals surface area contributed by atoms with E-state index >= 15 is 0 Å². The first-order valence-corrected chi connectivity index (χ1v) is 8.15. The molecule has 0 saturated heterocycles. The molecular formula is C14H21ClFNS. The van der Waals surface area contributed by atoms with Crippen molar-refractivity contribution in [1.29, 1.82) is 0 Å². The predicted octanol–water partition coefficient (Wildman–Crippen LogP) is 4.49. The minimum Gasteiger partial charge on any atom is -0.313 e. The Labute approximate surface area is 118 Å². The van der Waals surface area contributed by atoms with Gasteiger partial charge < -0.3 is 5.32 Å². The summed E-state index contributed by atoms with van der Waals surface area (Å²) in [6.07, 6.45) is 7.11. The van der Waals surface area contributed by atoms with Crippen LogP contribution in [-0.4, -0.2) is 18.6 Å². The summed E-state index contributed by atoms with van der Waals surface area (Å²) in [5, 5.41) is 3.46. The standard InChI is InChI=1S/C14H21ClFNS/c1-18-10-5-3-2-4-9-17-11-12-7-6-8-13(15)14(12)16/h6-8,17H,2-5,9-11H2,1H3. The van der Waals surface area contributed by atoms with Crippen LogP contribution in [0.3, 0.4) is 0 Å². The second-order valence-corrected chi connectivity index (χ2v) is 5.69. The van der Waals surface area contributed by atoms with E-state index in [9.17, 15) is 4.39 Å². The normalized spacial score (nSPS) is 10.8. The van der Waals surface area contributed by atoms with Gasteiger partial charge in [0.15, 0.2) is 0 Å². The van der Waals surface area contributed by atoms with Gasteiger partial charge in [0, 0.05) is 12.1 Å². The van der Waals surface area contributed by atoms with Crippen LogP contribution in [0, 0.1) is 5.82 Å². The maximum Gasteiger partial charge on any atom is 0.146 e. The number of hydrogen-bond donors (Lipinski definition) is 1. The van der Waals surface area contributed by atoms with Gasteiger partial charge in [-0.3, -0.25) is 0 Å². The Morgan fingerprint density at radius 1 is 1.22 bits per heavy atom. The quantitative estimate of drug-likeness (QED) is 0.672. The van der Waals surface area contributed by atoms with E-state index in [1.165, 1.54) is 25.0 Å². The van der Waals surface area contributed by atoms with E-state index in [1.54, 1.807) is 18.2 Å². The topological polar surface area (TPSA) is 12.0 Å². The Hall–Kier alpha value is -0.250. The number of unbranched alkanes of at least 4 members (excludes halogenated alkanes) is 3. The Kier molecular flexibility index (Phi) is 8.47. The average Bonchev–Trinajstić information content (AvgIpc) is 2.37. The number of thioether (sulfide) groups is 1. The first-order valence-electron chi connectivity index (χ1n) is 6.38. The zero-order valence-corrected chi connectivity index (χ0v) is 12.4. The molecule has 1 aromatic rings. The molecule has 18 heavy (non-hydrogen) atoms. The van der Waals surface area contributed by atoms with Gasteiger partial charge in [0.25, 0.3) is 0 Å². The van der Waals surface area contributed by atoms with Gasteiger partial charge in [-0.2, -0.15) is 11.8 Å². The predicted molar refractivity (Wildman–Crippen MR) is 80.0 cm³/mol. The van der Waals surface area contributed by atoms with Gasteiger partial charge in [0.1, 0.15) is 5.82 Å². The highest BCUT2D eigenvalue weighted by atomic mass is 35.5. The molecule has 0 radical (unpaired) electrons. The SMILES string of the molecule is CSCCCCCCNCc1cccc(Cl)c1F. The third kappa shape index (κ3) is 6.07. The van der Waals surface area contributed by atoms with Crippen LogP contribution in [0.1, 0.15) is 31.2 Å². The number of benzene rings is 1. The van der Waals surface area contributed by atoms with Crippen molar-refractivity contribution < 1.29 is 4.39 Å². The molecule has 0 amide bonds. The Balaban J connectivity index is 2.09. The third-order valence-electron chi connectivity index (χ3n) is 2.80. The van der Waals surface area contributed by atoms with E-state index in [1.807, 2.05) is 11.8 Å². The Bertz CT molecular complexity index is 347. The molecule has 1 rings (SSSR count). The van der Waals surface area contributed by atoms with Gasteiger partial charge >= 0.3 is 0 Å². The van der Waals surface area contributed by atoms with Crippen molar-refractivity contribution in [3.05, 3.63) is 34.6 Å². The lowest BCUT2D eigenvalue weighted by atomic mass is 10.2. The molecule has 0 heterocycles. The fraction of sp³-hybridized carbons (Fsp3) is 0.571. The molecule has 0 saturated carbocycles. The Morgan fingerprint density at radius 3 is 2.78 bits per heavy atom. The van der Waals surface area contributed by atoms with E-state index < -0.39 is 0 Å². The monoisotopic (exact) mass is 289 g/mol. The number of rotatable bonds is 9. The molecule has 0 atom stereocenters. The average molecular weight is 290 g/mol. The van der Waals surface area contributed by atoms with Gasteiger partial charge in [-0.1, -0.05) is 36.6 Å². The van der Waals surface area contributed by atoms with Crippen molar-refractivity contribution in [2.24, 2.45) is 0 Å². The molecule has 1 nitrogen and oxygen atoms in total. The lowest BCUT2D eigenvalue weighted by Gasteiger charge is -2.06. The minimum absolute atomic E-state index is 0.200. The van der Waals surface area contributed by atoms with Crippen LogP contribution in [0.25, 0.3) is 0 Å². The van der Waals surface area contributed by atoms with Crippen LogP contribution in [0.2, 0.25) is 5.02 Å². The summed E-state index contributed by atoms with van der Waals surface area (Å²) in [4.78, 5) is 0. The molecule has 0 fully saturated rings. The highest BCUT2D eigenvalue weighted by Gasteiger charge is 2.04. The molecule has 0 aliphatic heterocycles. The van der Waals surface area contributed by atoms with Gasteiger partial charge in [-0.25, -0.2) is 4.39 Å². The van der Waals surface area contributed by atoms with E-state index in [4.69, 9.17) is 11.6 Å². The summed E-state index contributed by atoms with van der Waals surface area (Å²) >= 11 is 7.62. The largest absolute Gasteiger partial charge is 0.313 e. The fourth-order valence-corrected chi connectivity index (χ4v) is 2.44. The molecule has 1 N–H and O–H groups in total. The molecule has 0 bridgehead atoms. The Morgan fingerprint density at radius 2 is 2.00 bits per heavy atom. The van der Waals surface area contributed by atoms with Crippen molar-refractivity contribution in [3.8, 4) is 0 Å². The minimum atomic E-state index is -0.299. The molecular weight excluding hydrogens is 269 g/mol. The van der Waals surface area contributed by atoms with Crippen molar-refractivity contribution in [1.82, 2.24) is 5.32 Å². The van der Waals surface area contributed by atoms with Crippen molar-refractivity contribution >= 4 is 23.4 Å². The molecule has 0 spiro atoms. The lowest BCUT2D eigenvalue weighted by molar-refractivity contribution is 0.568. The van der Waals surface area contributed by atoms with Crippen LogP contribution in [0.15, 0.2) is 18.2 Å². The van der Waals surface area contributed by atoms with E-state index in [0.29, 0.717) is 12.1 Å². The molecule has 1 aromatic carbocycles. The summed E-state index contributed by atoms with van der Waals surface area (Å²) in [6, 6.07) is 5.13. The van der Waals surface area contributed by atoms with E-state index in [2.05, 4.69) is 11.6 Å². The fourth-order valence-electron chi connectivity index (χ4n) is 1.76. The summed E-state index contributed by atoms with van der Waals surface area (Å²) in [7, 11) is 0. The molecule has 0 aliphatic carbocycles. The number of hydrogen-bond acceptors (Lipinski definition) is 2. The lowest BCUT2D eigenvalue weighted by Crippen LogP contribution is -2.15. The summed E-state index contributed by atoms with van der Waals surface area (Å²) in [6.45, 7) is 1.49. The molecule has 0 aromatic heterocycles. The first-order chi connectivity index (χ1) is 8.75. The third-order valence-corrected chi connectivity index (χ3v) is 3.79. The zero-order chi connectivity index (χ0) is 13.2. The van der Waals surface area contributed by atoms with Crippen LogP contribution in [0.5, 0.6) is 0 Å². The molecule has 0 unspecified atom stereocenters. The van der Waals surface area contributed by atoms with Gasteiger partial charge in [-0.05, 0) is 37.5 Å². The van der Waals surface area contributed by atoms with E-state index in [0.717, 1.165) is 13.0 Å². The maximum atomic E-state index is 13.5. The summed E-state index contributed by atoms with van der Waals surface area (Å²) in [5.74, 6) is 0.952. The van der Waals surface area contributed by atoms with Gasteiger partial charge in [-0.15, -0.1) is 0 Å². The van der Waals surface area contributed by atoms with Gasteiger partial charge in [0.05, 0.1) is 5.02 Å². The van der Waals surface area contributed by atoms with Crippen LogP contribution >= 0.6 is 23.4 Å². The first kappa shape index (κ1) is 15.8. The van der Waals surface area contributed by atoms with Crippen molar-refractivity contribution in [2.45, 2.75) is 32.2 Å². The molecule has 102 valence electrons. The molecule has 4 heteroatoms. The number of nitrogens with one attached hydrogen (secondary N) is 1. The second kappa shape index (κ2) is 9.65. The van der Waals surface area contributed by atoms with Crippen LogP contribution < -0.4 is 5.32 Å². The second-order valence-electron chi connectivity index (χ2n) is 4.30. The van der Waals surface area contributed by atoms with Crippen molar-refractivity contribution in [3.63, 3.8) is 0 Å². The van der Waals surface area contributed by atoms with Crippen LogP contribution in [-0.2, 0) is 6.54 Å². The van der Waals surface area contributed by atoms with E-state index in [-0.39, 0.29) is 10.8 Å². The highest BCUT2D eigenvalue weighted by Crippen LogP contribution is 2.17. The maximum absolute atomic E-state index is 13.5. The highest BCUT2D eigenvalue weighted by molar-refractivity contribution is 7.98. The van der Waals surface area contributed by atoms with Crippen LogP contribution in [0.4, 0.5) is 4.39 Å².